The van der Waals surface area contributed by atoms with Gasteiger partial charge in [-0.25, -0.2) is 0 Å². The molecular formula is C20H21ClN4OS. The van der Waals surface area contributed by atoms with E-state index in [2.05, 4.69) is 15.5 Å². The van der Waals surface area contributed by atoms with Gasteiger partial charge in [0.25, 0.3) is 0 Å². The normalized spacial score (nSPS) is 10.8. The highest BCUT2D eigenvalue weighted by Gasteiger charge is 2.15. The van der Waals surface area contributed by atoms with Gasteiger partial charge in [-0.1, -0.05) is 53.7 Å². The van der Waals surface area contributed by atoms with Crippen LogP contribution >= 0.6 is 23.4 Å². The summed E-state index contributed by atoms with van der Waals surface area (Å²) in [6.45, 7) is 4.71. The van der Waals surface area contributed by atoms with Crippen LogP contribution in [0.3, 0.4) is 0 Å². The van der Waals surface area contributed by atoms with Crippen molar-refractivity contribution in [2.75, 3.05) is 5.32 Å². The van der Waals surface area contributed by atoms with Crippen LogP contribution in [0, 0.1) is 6.92 Å². The Hall–Kier alpha value is -2.31. The zero-order chi connectivity index (χ0) is 19.2. The molecule has 3 rings (SSSR count). The Balaban J connectivity index is 1.66. The quantitative estimate of drug-likeness (QED) is 0.582. The maximum atomic E-state index is 12.4. The number of hydrogen-bond donors (Lipinski definition) is 1. The largest absolute Gasteiger partial charge is 0.326 e. The van der Waals surface area contributed by atoms with E-state index in [1.807, 2.05) is 66.9 Å². The summed E-state index contributed by atoms with van der Waals surface area (Å²) in [5.41, 5.74) is 2.94. The summed E-state index contributed by atoms with van der Waals surface area (Å²) in [6, 6.07) is 15.5. The molecule has 0 aliphatic rings. The number of thioether (sulfide) groups is 1. The van der Waals surface area contributed by atoms with Crippen LogP contribution in [0.15, 0.2) is 53.7 Å². The summed E-state index contributed by atoms with van der Waals surface area (Å²) in [5, 5.41) is 12.9. The first-order chi connectivity index (χ1) is 13.1. The van der Waals surface area contributed by atoms with Gasteiger partial charge < -0.3 is 9.88 Å². The number of aryl methyl sites for hydroxylation is 1. The first-order valence-electron chi connectivity index (χ1n) is 8.71. The summed E-state index contributed by atoms with van der Waals surface area (Å²) >= 11 is 7.78. The second kappa shape index (κ2) is 9.06. The number of halogens is 1. The molecule has 0 saturated carbocycles. The van der Waals surface area contributed by atoms with Crippen LogP contribution in [0.2, 0.25) is 5.02 Å². The van der Waals surface area contributed by atoms with Gasteiger partial charge in [-0.3, -0.25) is 4.79 Å². The van der Waals surface area contributed by atoms with E-state index in [0.29, 0.717) is 18.1 Å². The first kappa shape index (κ1) is 19.5. The fourth-order valence-corrected chi connectivity index (χ4v) is 4.01. The van der Waals surface area contributed by atoms with Gasteiger partial charge in [-0.2, -0.15) is 0 Å². The Morgan fingerprint density at radius 2 is 2.00 bits per heavy atom. The van der Waals surface area contributed by atoms with Crippen molar-refractivity contribution in [3.63, 3.8) is 0 Å². The van der Waals surface area contributed by atoms with Crippen molar-refractivity contribution >= 4 is 35.0 Å². The van der Waals surface area contributed by atoms with Crippen LogP contribution in [0.4, 0.5) is 5.69 Å². The van der Waals surface area contributed by atoms with Crippen molar-refractivity contribution in [1.82, 2.24) is 14.8 Å². The van der Waals surface area contributed by atoms with Crippen molar-refractivity contribution in [2.24, 2.45) is 0 Å². The summed E-state index contributed by atoms with van der Waals surface area (Å²) in [5.74, 6) is 1.25. The summed E-state index contributed by atoms with van der Waals surface area (Å²) in [6.07, 6.45) is 0.182. The molecule has 0 aliphatic heterocycles. The van der Waals surface area contributed by atoms with E-state index in [1.165, 1.54) is 0 Å². The monoisotopic (exact) mass is 400 g/mol. The van der Waals surface area contributed by atoms with Crippen LogP contribution < -0.4 is 5.32 Å². The zero-order valence-electron chi connectivity index (χ0n) is 15.3. The highest BCUT2D eigenvalue weighted by molar-refractivity contribution is 7.98. The lowest BCUT2D eigenvalue weighted by Gasteiger charge is -2.09. The molecule has 1 heterocycles. The van der Waals surface area contributed by atoms with E-state index in [0.717, 1.165) is 27.0 Å². The van der Waals surface area contributed by atoms with Gasteiger partial charge >= 0.3 is 0 Å². The highest BCUT2D eigenvalue weighted by Crippen LogP contribution is 2.26. The lowest BCUT2D eigenvalue weighted by molar-refractivity contribution is -0.115. The minimum Gasteiger partial charge on any atom is -0.326 e. The summed E-state index contributed by atoms with van der Waals surface area (Å²) < 4.78 is 1.97. The number of nitrogens with one attached hydrogen (secondary N) is 1. The van der Waals surface area contributed by atoms with Crippen molar-refractivity contribution < 1.29 is 4.79 Å². The van der Waals surface area contributed by atoms with Crippen molar-refractivity contribution in [3.05, 3.63) is 70.5 Å². The highest BCUT2D eigenvalue weighted by atomic mass is 35.5. The predicted octanol–water partition coefficient (Wildman–Crippen LogP) is 4.73. The maximum absolute atomic E-state index is 12.4. The molecule has 0 unspecified atom stereocenters. The molecule has 27 heavy (non-hydrogen) atoms. The number of carbonyl (C=O) groups excluding carboxylic acids is 1. The van der Waals surface area contributed by atoms with Crippen LogP contribution in [-0.2, 0) is 23.5 Å². The van der Waals surface area contributed by atoms with Crippen LogP contribution in [0.25, 0.3) is 0 Å². The van der Waals surface area contributed by atoms with Gasteiger partial charge in [0, 0.05) is 23.0 Å². The molecule has 0 fully saturated rings. The molecule has 0 atom stereocenters. The number of aromatic nitrogens is 3. The SMILES string of the molecule is CCn1c(CC(=O)Nc2cccc(C)c2)nnc1SCc1ccccc1Cl. The lowest BCUT2D eigenvalue weighted by Crippen LogP contribution is -2.17. The molecule has 3 aromatic rings. The molecular weight excluding hydrogens is 380 g/mol. The van der Waals surface area contributed by atoms with Gasteiger partial charge in [0.05, 0.1) is 6.42 Å². The molecule has 2 aromatic carbocycles. The van der Waals surface area contributed by atoms with Gasteiger partial charge in [0.1, 0.15) is 5.82 Å². The predicted molar refractivity (Wildman–Crippen MR) is 110 cm³/mol. The minimum atomic E-state index is -0.106. The van der Waals surface area contributed by atoms with E-state index in [-0.39, 0.29) is 12.3 Å². The molecule has 1 aromatic heterocycles. The zero-order valence-corrected chi connectivity index (χ0v) is 16.8. The Kier molecular flexibility index (Phi) is 6.53. The average molecular weight is 401 g/mol. The molecule has 1 amide bonds. The fraction of sp³-hybridized carbons (Fsp3) is 0.250. The standard InChI is InChI=1S/C20H21ClN4OS/c1-3-25-18(12-19(26)22-16-9-6-7-14(2)11-16)23-24-20(25)27-13-15-8-4-5-10-17(15)21/h4-11H,3,12-13H2,1-2H3,(H,22,26). The summed E-state index contributed by atoms with van der Waals surface area (Å²) in [4.78, 5) is 12.4. The Labute approximate surface area is 168 Å². The number of rotatable bonds is 7. The van der Waals surface area contributed by atoms with Crippen molar-refractivity contribution in [3.8, 4) is 0 Å². The van der Waals surface area contributed by atoms with E-state index < -0.39 is 0 Å². The number of anilines is 1. The molecule has 7 heteroatoms. The second-order valence-electron chi connectivity index (χ2n) is 6.12. The molecule has 0 saturated heterocycles. The van der Waals surface area contributed by atoms with E-state index in [4.69, 9.17) is 11.6 Å². The van der Waals surface area contributed by atoms with Crippen molar-refractivity contribution in [2.45, 2.75) is 37.7 Å². The smallest absolute Gasteiger partial charge is 0.232 e. The molecule has 0 bridgehead atoms. The Bertz CT molecular complexity index is 941. The third-order valence-electron chi connectivity index (χ3n) is 4.04. The Morgan fingerprint density at radius 1 is 1.19 bits per heavy atom. The number of hydrogen-bond acceptors (Lipinski definition) is 4. The topological polar surface area (TPSA) is 59.8 Å². The average Bonchev–Trinajstić information content (AvgIpc) is 3.02. The third-order valence-corrected chi connectivity index (χ3v) is 5.43. The van der Waals surface area contributed by atoms with E-state index in [9.17, 15) is 4.79 Å². The molecule has 0 aliphatic carbocycles. The number of nitrogens with zero attached hydrogens (tertiary/aromatic N) is 3. The van der Waals surface area contributed by atoms with Gasteiger partial charge in [0.15, 0.2) is 5.16 Å². The number of amides is 1. The lowest BCUT2D eigenvalue weighted by atomic mass is 10.2. The van der Waals surface area contributed by atoms with Crippen LogP contribution in [0.5, 0.6) is 0 Å². The van der Waals surface area contributed by atoms with Crippen LogP contribution in [0.1, 0.15) is 23.9 Å². The van der Waals surface area contributed by atoms with Crippen molar-refractivity contribution in [1.29, 1.82) is 0 Å². The maximum Gasteiger partial charge on any atom is 0.232 e. The summed E-state index contributed by atoms with van der Waals surface area (Å²) in [7, 11) is 0. The van der Waals surface area contributed by atoms with E-state index >= 15 is 0 Å². The fourth-order valence-electron chi connectivity index (χ4n) is 2.70. The molecule has 0 spiro atoms. The second-order valence-corrected chi connectivity index (χ2v) is 7.47. The number of benzene rings is 2. The Morgan fingerprint density at radius 3 is 2.74 bits per heavy atom. The molecule has 0 radical (unpaired) electrons. The third kappa shape index (κ3) is 5.11. The number of carbonyl (C=O) groups is 1. The molecule has 5 nitrogen and oxygen atoms in total. The van der Waals surface area contributed by atoms with Gasteiger partial charge in [-0.05, 0) is 43.2 Å². The van der Waals surface area contributed by atoms with Gasteiger partial charge in [-0.15, -0.1) is 10.2 Å². The molecule has 140 valence electrons. The van der Waals surface area contributed by atoms with Crippen LogP contribution in [-0.4, -0.2) is 20.7 Å². The first-order valence-corrected chi connectivity index (χ1v) is 10.1. The minimum absolute atomic E-state index is 0.106. The van der Waals surface area contributed by atoms with E-state index in [1.54, 1.807) is 11.8 Å². The van der Waals surface area contributed by atoms with Gasteiger partial charge in [0.2, 0.25) is 5.91 Å². The molecule has 1 N–H and O–H groups in total.